The van der Waals surface area contributed by atoms with Crippen molar-refractivity contribution in [2.75, 3.05) is 53.2 Å². The summed E-state index contributed by atoms with van der Waals surface area (Å²) in [5.41, 5.74) is 2.63. The highest BCUT2D eigenvalue weighted by molar-refractivity contribution is 7.91. The van der Waals surface area contributed by atoms with E-state index < -0.39 is 9.84 Å². The largest absolute Gasteiger partial charge is 0.368 e. The van der Waals surface area contributed by atoms with E-state index in [1.54, 1.807) is 13.1 Å². The second-order valence-electron chi connectivity index (χ2n) is 8.55. The van der Waals surface area contributed by atoms with E-state index in [1.807, 2.05) is 35.2 Å². The van der Waals surface area contributed by atoms with Gasteiger partial charge in [0, 0.05) is 56.7 Å². The molecule has 2 aromatic heterocycles. The number of aromatic nitrogens is 3. The first-order valence-corrected chi connectivity index (χ1v) is 12.9. The average molecular weight is 470 g/mol. The lowest BCUT2D eigenvalue weighted by Gasteiger charge is -2.35. The fraction of sp³-hybridized carbons (Fsp3) is 0.409. The molecule has 1 aromatic carbocycles. The van der Waals surface area contributed by atoms with Crippen LogP contribution in [0.1, 0.15) is 13.3 Å². The number of piperazine rings is 1. The first kappa shape index (κ1) is 21.5. The van der Waals surface area contributed by atoms with E-state index in [1.165, 1.54) is 0 Å². The van der Waals surface area contributed by atoms with Crippen molar-refractivity contribution in [1.29, 1.82) is 0 Å². The van der Waals surface area contributed by atoms with Crippen LogP contribution in [0.5, 0.6) is 0 Å². The summed E-state index contributed by atoms with van der Waals surface area (Å²) in [6.45, 7) is 4.70. The summed E-state index contributed by atoms with van der Waals surface area (Å²) >= 11 is 0. The predicted molar refractivity (Wildman–Crippen MR) is 129 cm³/mol. The Morgan fingerprint density at radius 1 is 1.09 bits per heavy atom. The number of nitrogens with one attached hydrogen (secondary N) is 3. The van der Waals surface area contributed by atoms with Gasteiger partial charge in [-0.1, -0.05) is 0 Å². The van der Waals surface area contributed by atoms with Crippen LogP contribution < -0.4 is 15.5 Å². The summed E-state index contributed by atoms with van der Waals surface area (Å²) in [4.78, 5) is 27.9. The number of aromatic amines is 1. The van der Waals surface area contributed by atoms with Crippen molar-refractivity contribution in [3.05, 3.63) is 36.5 Å². The lowest BCUT2D eigenvalue weighted by atomic mass is 10.2. The van der Waals surface area contributed by atoms with E-state index >= 15 is 0 Å². The smallest absolute Gasteiger partial charge is 0.231 e. The minimum Gasteiger partial charge on any atom is -0.368 e. The van der Waals surface area contributed by atoms with Crippen LogP contribution in [-0.4, -0.2) is 77.9 Å². The van der Waals surface area contributed by atoms with Crippen molar-refractivity contribution in [3.8, 4) is 0 Å². The Hall–Kier alpha value is -3.34. The molecule has 11 heteroatoms. The van der Waals surface area contributed by atoms with Gasteiger partial charge in [-0.15, -0.1) is 0 Å². The predicted octanol–water partition coefficient (Wildman–Crippen LogP) is 1.97. The van der Waals surface area contributed by atoms with E-state index in [0.29, 0.717) is 23.8 Å². The lowest BCUT2D eigenvalue weighted by molar-refractivity contribution is -0.129. The Balaban J connectivity index is 1.30. The fourth-order valence-corrected chi connectivity index (χ4v) is 6.05. The Kier molecular flexibility index (Phi) is 5.57. The van der Waals surface area contributed by atoms with Gasteiger partial charge in [0.2, 0.25) is 11.9 Å². The standard InChI is InChI=1S/C22H27N7O3S/c1-15(30)28-9-11-29(12-10-28)18-4-2-16(3-5-18)25-22-26-20-19(6-8-23-20)21(27-22)24-17-7-13-33(31,32)14-17/h2-6,8,17H,7,9-14H2,1H3,(H3,23,24,25,26,27). The molecule has 10 nitrogen and oxygen atoms in total. The molecule has 174 valence electrons. The van der Waals surface area contributed by atoms with E-state index in [0.717, 1.165) is 42.9 Å². The minimum absolute atomic E-state index is 0.119. The molecule has 2 aliphatic rings. The van der Waals surface area contributed by atoms with Crippen LogP contribution in [0.3, 0.4) is 0 Å². The molecular weight excluding hydrogens is 442 g/mol. The van der Waals surface area contributed by atoms with Crippen LogP contribution in [0, 0.1) is 0 Å². The maximum atomic E-state index is 11.8. The van der Waals surface area contributed by atoms with E-state index in [4.69, 9.17) is 0 Å². The second-order valence-corrected chi connectivity index (χ2v) is 10.8. The molecule has 3 aromatic rings. The van der Waals surface area contributed by atoms with Crippen LogP contribution in [0.2, 0.25) is 0 Å². The number of carbonyl (C=O) groups excluding carboxylic acids is 1. The SMILES string of the molecule is CC(=O)N1CCN(c2ccc(Nc3nc(NC4CCS(=O)(=O)C4)c4cc[nH]c4n3)cc2)CC1. The maximum Gasteiger partial charge on any atom is 0.231 e. The molecule has 33 heavy (non-hydrogen) atoms. The molecule has 4 heterocycles. The molecule has 2 saturated heterocycles. The maximum absolute atomic E-state index is 11.8. The normalized spacial score (nSPS) is 20.2. The number of carbonyl (C=O) groups is 1. The lowest BCUT2D eigenvalue weighted by Crippen LogP contribution is -2.48. The Bertz CT molecular complexity index is 1260. The Labute approximate surface area is 192 Å². The average Bonchev–Trinajstić information content (AvgIpc) is 3.40. The van der Waals surface area contributed by atoms with Gasteiger partial charge in [-0.25, -0.2) is 8.42 Å². The molecule has 0 radical (unpaired) electrons. The molecule has 2 aliphatic heterocycles. The van der Waals surface area contributed by atoms with Crippen LogP contribution in [-0.2, 0) is 14.6 Å². The van der Waals surface area contributed by atoms with E-state index in [-0.39, 0.29) is 23.5 Å². The van der Waals surface area contributed by atoms with Gasteiger partial charge in [0.15, 0.2) is 9.84 Å². The monoisotopic (exact) mass is 469 g/mol. The quantitative estimate of drug-likeness (QED) is 0.518. The zero-order valence-electron chi connectivity index (χ0n) is 18.4. The summed E-state index contributed by atoms with van der Waals surface area (Å²) in [5.74, 6) is 1.49. The number of anilines is 4. The van der Waals surface area contributed by atoms with Crippen LogP contribution in [0.15, 0.2) is 36.5 Å². The molecule has 3 N–H and O–H groups in total. The number of hydrogen-bond acceptors (Lipinski definition) is 8. The minimum atomic E-state index is -2.99. The van der Waals surface area contributed by atoms with Crippen molar-refractivity contribution < 1.29 is 13.2 Å². The highest BCUT2D eigenvalue weighted by Gasteiger charge is 2.28. The summed E-state index contributed by atoms with van der Waals surface area (Å²) in [5, 5.41) is 7.36. The Morgan fingerprint density at radius 3 is 2.52 bits per heavy atom. The molecule has 2 fully saturated rings. The number of fused-ring (bicyclic) bond motifs is 1. The molecule has 0 aliphatic carbocycles. The van der Waals surface area contributed by atoms with Crippen molar-refractivity contribution in [2.24, 2.45) is 0 Å². The van der Waals surface area contributed by atoms with Crippen LogP contribution >= 0.6 is 0 Å². The number of sulfone groups is 1. The zero-order chi connectivity index (χ0) is 23.0. The number of hydrogen-bond donors (Lipinski definition) is 3. The van der Waals surface area contributed by atoms with Gasteiger partial charge in [-0.2, -0.15) is 9.97 Å². The first-order valence-electron chi connectivity index (χ1n) is 11.1. The molecule has 0 bridgehead atoms. The number of H-pyrrole nitrogens is 1. The van der Waals surface area contributed by atoms with Gasteiger partial charge in [0.1, 0.15) is 11.5 Å². The number of rotatable bonds is 5. The summed E-state index contributed by atoms with van der Waals surface area (Å²) in [6.07, 6.45) is 2.36. The van der Waals surface area contributed by atoms with Gasteiger partial charge in [-0.05, 0) is 36.8 Å². The highest BCUT2D eigenvalue weighted by atomic mass is 32.2. The fourth-order valence-electron chi connectivity index (χ4n) is 4.37. The molecule has 1 unspecified atom stereocenters. The highest BCUT2D eigenvalue weighted by Crippen LogP contribution is 2.26. The summed E-state index contributed by atoms with van der Waals surface area (Å²) in [6, 6.07) is 9.77. The van der Waals surface area contributed by atoms with E-state index in [9.17, 15) is 13.2 Å². The summed E-state index contributed by atoms with van der Waals surface area (Å²) in [7, 11) is -2.99. The van der Waals surface area contributed by atoms with Crippen LogP contribution in [0.4, 0.5) is 23.1 Å². The van der Waals surface area contributed by atoms with Gasteiger partial charge in [-0.3, -0.25) is 4.79 Å². The van der Waals surface area contributed by atoms with Crippen molar-refractivity contribution in [2.45, 2.75) is 19.4 Å². The third-order valence-electron chi connectivity index (χ3n) is 6.20. The van der Waals surface area contributed by atoms with Crippen molar-refractivity contribution in [3.63, 3.8) is 0 Å². The molecule has 5 rings (SSSR count). The van der Waals surface area contributed by atoms with E-state index in [2.05, 4.69) is 30.5 Å². The molecular formula is C22H27N7O3S. The van der Waals surface area contributed by atoms with Crippen LogP contribution in [0.25, 0.3) is 11.0 Å². The number of amides is 1. The third kappa shape index (κ3) is 4.72. The van der Waals surface area contributed by atoms with Gasteiger partial charge in [0.05, 0.1) is 16.9 Å². The molecule has 0 spiro atoms. The zero-order valence-corrected chi connectivity index (χ0v) is 19.2. The summed E-state index contributed by atoms with van der Waals surface area (Å²) < 4.78 is 23.7. The van der Waals surface area contributed by atoms with Gasteiger partial charge >= 0.3 is 0 Å². The second kappa shape index (κ2) is 8.54. The third-order valence-corrected chi connectivity index (χ3v) is 7.97. The van der Waals surface area contributed by atoms with Crippen molar-refractivity contribution in [1.82, 2.24) is 19.9 Å². The topological polar surface area (TPSA) is 123 Å². The Morgan fingerprint density at radius 2 is 1.85 bits per heavy atom. The van der Waals surface area contributed by atoms with Gasteiger partial charge in [0.25, 0.3) is 0 Å². The number of benzene rings is 1. The number of nitrogens with zero attached hydrogens (tertiary/aromatic N) is 4. The molecule has 1 amide bonds. The first-order chi connectivity index (χ1) is 15.9. The molecule has 1 atom stereocenters. The van der Waals surface area contributed by atoms with Crippen molar-refractivity contribution >= 4 is 49.9 Å². The molecule has 0 saturated carbocycles. The van der Waals surface area contributed by atoms with Gasteiger partial charge < -0.3 is 25.4 Å².